The summed E-state index contributed by atoms with van der Waals surface area (Å²) >= 11 is 3.87. The van der Waals surface area contributed by atoms with E-state index in [9.17, 15) is 0 Å². The topological polar surface area (TPSA) is 51.6 Å². The van der Waals surface area contributed by atoms with E-state index in [4.69, 9.17) is 19.9 Å². The summed E-state index contributed by atoms with van der Waals surface area (Å²) in [6, 6.07) is 185. The third-order valence-corrected chi connectivity index (χ3v) is 34.2. The average Bonchev–Trinajstić information content (AvgIpc) is 1.47. The predicted molar refractivity (Wildman–Crippen MR) is 587 cm³/mol. The van der Waals surface area contributed by atoms with Crippen molar-refractivity contribution in [3.05, 3.63) is 586 Å². The molecule has 6 heteroatoms. The first-order valence-corrected chi connectivity index (χ1v) is 50.7. The molecule has 21 aromatic carbocycles. The van der Waals surface area contributed by atoms with E-state index in [-0.39, 0.29) is 0 Å². The van der Waals surface area contributed by atoms with Crippen molar-refractivity contribution in [3.63, 3.8) is 0 Å². The van der Waals surface area contributed by atoms with Crippen molar-refractivity contribution in [2.24, 2.45) is 0 Å². The zero-order valence-electron chi connectivity index (χ0n) is 76.9. The SMILES string of the molecule is c1ccc(-c2cc(-c3cccc(-c4cccc5c4-c4ccc6c(sc7ccccc76)c4C54c5ccccc5C5(c6ccccc6-c6ccccc65)c5ccccc54)c3)nc(-c3cccc4ccccc34)n2)cc1.c1ccc(-c2ccc(-c3cc(-c4cccc5c4-c4ccc6c(sc7ccccc76)c4C54c5ccccc5C5(c6ccccc6-c6ccccc65)c5ccccc54)nc(-c4ccccc4)n3)cc2)cc1. The smallest absolute Gasteiger partial charge is 0.161 e. The van der Waals surface area contributed by atoms with Crippen LogP contribution in [0.1, 0.15) is 89.0 Å². The number of benzene rings is 21. The van der Waals surface area contributed by atoms with Crippen LogP contribution >= 0.6 is 22.7 Å². The van der Waals surface area contributed by atoms with Gasteiger partial charge < -0.3 is 0 Å². The van der Waals surface area contributed by atoms with E-state index in [0.29, 0.717) is 11.6 Å². The highest BCUT2D eigenvalue weighted by molar-refractivity contribution is 7.26. The van der Waals surface area contributed by atoms with Crippen molar-refractivity contribution >= 4 is 73.8 Å². The maximum absolute atomic E-state index is 5.53. The van der Waals surface area contributed by atoms with Gasteiger partial charge in [-0.1, -0.05) is 467 Å². The zero-order chi connectivity index (χ0) is 93.1. The second kappa shape index (κ2) is 31.0. The Labute approximate surface area is 830 Å². The van der Waals surface area contributed by atoms with E-state index in [2.05, 4.69) is 497 Å². The Balaban J connectivity index is 0.000000133. The summed E-state index contributed by atoms with van der Waals surface area (Å²) < 4.78 is 5.28. The Hall–Kier alpha value is -17.5. The summed E-state index contributed by atoms with van der Waals surface area (Å²) in [5.41, 5.74) is 43.8. The van der Waals surface area contributed by atoms with Crippen LogP contribution in [-0.4, -0.2) is 19.9 Å². The van der Waals surface area contributed by atoms with Crippen LogP contribution in [0.15, 0.2) is 497 Å². The van der Waals surface area contributed by atoms with Gasteiger partial charge in [0.15, 0.2) is 11.6 Å². The van der Waals surface area contributed by atoms with Crippen LogP contribution in [0.2, 0.25) is 0 Å². The third kappa shape index (κ3) is 11.1. The van der Waals surface area contributed by atoms with Crippen molar-refractivity contribution in [2.75, 3.05) is 0 Å². The lowest BCUT2D eigenvalue weighted by atomic mass is 9.52. The van der Waals surface area contributed by atoms with Gasteiger partial charge in [0, 0.05) is 73.7 Å². The molecule has 0 saturated carbocycles. The van der Waals surface area contributed by atoms with Crippen molar-refractivity contribution in [2.45, 2.75) is 21.7 Å². The quantitative estimate of drug-likeness (QED) is 0.152. The monoisotopic (exact) mass is 1830 g/mol. The van der Waals surface area contributed by atoms with E-state index in [1.165, 1.54) is 191 Å². The molecule has 0 unspecified atom stereocenters. The van der Waals surface area contributed by atoms with Crippen LogP contribution < -0.4 is 0 Å². The van der Waals surface area contributed by atoms with E-state index in [1.807, 2.05) is 22.7 Å². The number of aromatic nitrogens is 4. The Morgan fingerprint density at radius 3 is 0.951 bits per heavy atom. The number of fused-ring (bicyclic) bond motifs is 41. The van der Waals surface area contributed by atoms with Gasteiger partial charge in [-0.25, -0.2) is 19.9 Å². The molecule has 6 aliphatic carbocycles. The molecule has 0 atom stereocenters. The molecular weight excluding hydrogens is 1750 g/mol. The minimum absolute atomic E-state index is 0.518. The first-order chi connectivity index (χ1) is 70.4. The van der Waals surface area contributed by atoms with E-state index >= 15 is 0 Å². The van der Waals surface area contributed by atoms with Gasteiger partial charge in [-0.05, 0) is 197 Å². The average molecular weight is 1840 g/mol. The normalized spacial score (nSPS) is 14.0. The molecule has 0 fully saturated rings. The van der Waals surface area contributed by atoms with Crippen LogP contribution in [0, 0.1) is 0 Å². The first-order valence-electron chi connectivity index (χ1n) is 49.0. The van der Waals surface area contributed by atoms with Crippen LogP contribution in [0.3, 0.4) is 0 Å². The fourth-order valence-electron chi connectivity index (χ4n) is 26.3. The molecular formula is C136H82N4S2. The molecule has 0 amide bonds. The molecule has 4 aromatic heterocycles. The molecule has 25 aromatic rings. The molecule has 0 aliphatic heterocycles. The van der Waals surface area contributed by atoms with Crippen LogP contribution in [0.4, 0.5) is 0 Å². The zero-order valence-corrected chi connectivity index (χ0v) is 78.6. The van der Waals surface area contributed by atoms with Gasteiger partial charge in [-0.3, -0.25) is 0 Å². The number of hydrogen-bond donors (Lipinski definition) is 0. The largest absolute Gasteiger partial charge is 0.228 e. The summed E-state index contributed by atoms with van der Waals surface area (Å²) in [6.07, 6.45) is 0. The summed E-state index contributed by atoms with van der Waals surface area (Å²) in [4.78, 5) is 21.5. The van der Waals surface area contributed by atoms with Crippen LogP contribution in [-0.2, 0) is 21.7 Å². The number of rotatable bonds is 8. The van der Waals surface area contributed by atoms with Crippen LogP contribution in [0.5, 0.6) is 0 Å². The Bertz CT molecular complexity index is 9450. The lowest BCUT2D eigenvalue weighted by molar-refractivity contribution is 0.636. The third-order valence-electron chi connectivity index (χ3n) is 31.8. The van der Waals surface area contributed by atoms with E-state index < -0.39 is 21.7 Å². The lowest BCUT2D eigenvalue weighted by Crippen LogP contribution is -2.43. The first kappa shape index (κ1) is 80.6. The Morgan fingerprint density at radius 1 is 0.155 bits per heavy atom. The molecule has 4 nitrogen and oxygen atoms in total. The maximum atomic E-state index is 5.53. The summed E-state index contributed by atoms with van der Waals surface area (Å²) in [5, 5.41) is 7.50. The standard InChI is InChI=1S/C70H42N2S.C66H40N2S/c1-2-20-44(21-3-1)62-42-63(72-68(71-62)53-30-17-22-43-19-4-5-25-47(43)53)46-24-16-23-45(41-46)48-29-18-37-61-65(48)54-40-39-52-51-28-8-15-38-64(51)73-67(52)66(54)70(61)59-35-13-11-33-57(59)69(58-34-12-14-36-60(58)70)55-31-9-6-26-49(55)50-27-7-10-32-56(50)69;1-3-18-41(19-4-1)42-34-36-43(37-35-42)58-40-59(68-64(67-58)44-20-5-2-6-21-44)49-25-17-32-57-61(49)50-39-38-48-47-24-9-16-33-60(47)69-63(48)62(50)66(57)55-30-14-12-28-53(55)65(54-29-13-15-31-56(54)66)51-26-10-7-22-45(51)46-23-8-11-27-52(46)65/h1-42H;1-40H. The highest BCUT2D eigenvalue weighted by Crippen LogP contribution is 2.73. The van der Waals surface area contributed by atoms with Gasteiger partial charge in [0.1, 0.15) is 0 Å². The molecule has 142 heavy (non-hydrogen) atoms. The molecule has 0 bridgehead atoms. The van der Waals surface area contributed by atoms with E-state index in [0.717, 1.165) is 72.5 Å². The summed E-state index contributed by atoms with van der Waals surface area (Å²) in [6.45, 7) is 0. The van der Waals surface area contributed by atoms with Gasteiger partial charge in [0.05, 0.1) is 44.4 Å². The van der Waals surface area contributed by atoms with Crippen molar-refractivity contribution in [1.29, 1.82) is 0 Å². The molecule has 658 valence electrons. The molecule has 31 rings (SSSR count). The fraction of sp³-hybridized carbons (Fsp3) is 0.0294. The molecule has 4 spiro atoms. The van der Waals surface area contributed by atoms with Crippen molar-refractivity contribution in [3.8, 4) is 135 Å². The van der Waals surface area contributed by atoms with Gasteiger partial charge in [-0.2, -0.15) is 0 Å². The molecule has 6 aliphatic rings. The summed E-state index contributed by atoms with van der Waals surface area (Å²) in [7, 11) is 0. The maximum Gasteiger partial charge on any atom is 0.161 e. The van der Waals surface area contributed by atoms with Crippen LogP contribution in [0.25, 0.3) is 186 Å². The predicted octanol–water partition coefficient (Wildman–Crippen LogP) is 34.3. The highest BCUT2D eigenvalue weighted by atomic mass is 32.1. The number of nitrogens with zero attached hydrogens (tertiary/aromatic N) is 4. The van der Waals surface area contributed by atoms with Gasteiger partial charge in [-0.15, -0.1) is 22.7 Å². The molecule has 0 radical (unpaired) electrons. The molecule has 0 saturated heterocycles. The van der Waals surface area contributed by atoms with Crippen molar-refractivity contribution < 1.29 is 0 Å². The second-order valence-electron chi connectivity index (χ2n) is 38.5. The van der Waals surface area contributed by atoms with Gasteiger partial charge in [0.25, 0.3) is 0 Å². The Kier molecular flexibility index (Phi) is 17.6. The second-order valence-corrected chi connectivity index (χ2v) is 40.6. The minimum Gasteiger partial charge on any atom is -0.228 e. The van der Waals surface area contributed by atoms with Gasteiger partial charge in [0.2, 0.25) is 0 Å². The minimum atomic E-state index is -0.669. The Morgan fingerprint density at radius 2 is 0.458 bits per heavy atom. The molecule has 4 heterocycles. The van der Waals surface area contributed by atoms with E-state index in [1.54, 1.807) is 0 Å². The summed E-state index contributed by atoms with van der Waals surface area (Å²) in [5.74, 6) is 1.41. The lowest BCUT2D eigenvalue weighted by Gasteiger charge is -2.49. The molecule has 0 N–H and O–H groups in total. The van der Waals surface area contributed by atoms with Crippen molar-refractivity contribution in [1.82, 2.24) is 19.9 Å². The number of thiophene rings is 2. The fourth-order valence-corrected chi connectivity index (χ4v) is 28.9. The number of hydrogen-bond acceptors (Lipinski definition) is 6. The van der Waals surface area contributed by atoms with Gasteiger partial charge >= 0.3 is 0 Å². The highest BCUT2D eigenvalue weighted by Gasteiger charge is 2.62.